The van der Waals surface area contributed by atoms with Crippen LogP contribution in [0.25, 0.3) is 10.8 Å². The van der Waals surface area contributed by atoms with E-state index in [0.717, 1.165) is 0 Å². The number of amides is 2. The maximum atomic E-state index is 14.3. The minimum absolute atomic E-state index is 0.00889. The number of hydrogen-bond acceptors (Lipinski definition) is 5. The highest BCUT2D eigenvalue weighted by atomic mass is 35.5. The molecule has 1 aliphatic carbocycles. The SMILES string of the molecule is O=C(Nc1ccc(CC(=O)N2C[C@@H](F)C[C@H]2COC2CCC(C(=O)O)CC2)cc1Cl)c1nccc2ccc(F)cc12. The number of ether oxygens (including phenoxy) is 1. The average molecular weight is 586 g/mol. The first-order valence-electron chi connectivity index (χ1n) is 13.6. The topological polar surface area (TPSA) is 109 Å². The van der Waals surface area contributed by atoms with Gasteiger partial charge in [-0.2, -0.15) is 0 Å². The first-order valence-corrected chi connectivity index (χ1v) is 14.0. The number of hydrogen-bond donors (Lipinski definition) is 2. The van der Waals surface area contributed by atoms with Crippen LogP contribution in [0.15, 0.2) is 48.7 Å². The van der Waals surface area contributed by atoms with Crippen LogP contribution in [0, 0.1) is 11.7 Å². The molecule has 5 rings (SSSR count). The molecule has 8 nitrogen and oxygen atoms in total. The number of aromatic nitrogens is 1. The molecule has 1 saturated heterocycles. The molecule has 2 amide bonds. The number of carbonyl (C=O) groups is 3. The molecular formula is C30H30ClF2N3O5. The van der Waals surface area contributed by atoms with Gasteiger partial charge in [-0.15, -0.1) is 0 Å². The fourth-order valence-corrected chi connectivity index (χ4v) is 5.85. The summed E-state index contributed by atoms with van der Waals surface area (Å²) in [6.07, 6.45) is 2.77. The van der Waals surface area contributed by atoms with E-state index < -0.39 is 29.9 Å². The minimum Gasteiger partial charge on any atom is -0.481 e. The van der Waals surface area contributed by atoms with Gasteiger partial charge in [-0.05, 0) is 67.0 Å². The second-order valence-corrected chi connectivity index (χ2v) is 11.1. The van der Waals surface area contributed by atoms with E-state index in [-0.39, 0.29) is 54.6 Å². The van der Waals surface area contributed by atoms with Crippen molar-refractivity contribution in [2.45, 2.75) is 56.8 Å². The highest BCUT2D eigenvalue weighted by Gasteiger charge is 2.36. The standard InChI is InChI=1S/C30H30ClF2N3O5/c31-25-11-17(1-8-26(25)35-29(38)28-24-14-20(32)5-2-18(24)9-10-34-28)12-27(37)36-15-21(33)13-22(36)16-41-23-6-3-19(4-7-23)30(39)40/h1-2,5,8-11,14,19,21-23H,3-4,6-7,12-13,15-16H2,(H,35,38)(H,39,40)/t19?,21-,22-,23?/m0/s1. The summed E-state index contributed by atoms with van der Waals surface area (Å²) >= 11 is 6.43. The lowest BCUT2D eigenvalue weighted by Gasteiger charge is -2.29. The zero-order chi connectivity index (χ0) is 29.1. The predicted molar refractivity (Wildman–Crippen MR) is 149 cm³/mol. The Hall–Kier alpha value is -3.63. The highest BCUT2D eigenvalue weighted by molar-refractivity contribution is 6.34. The van der Waals surface area contributed by atoms with E-state index in [1.165, 1.54) is 23.2 Å². The third-order valence-corrected chi connectivity index (χ3v) is 8.12. The number of carbonyl (C=O) groups excluding carboxylic acids is 2. The van der Waals surface area contributed by atoms with Gasteiger partial charge in [-0.1, -0.05) is 23.7 Å². The number of likely N-dealkylation sites (tertiary alicyclic amines) is 1. The van der Waals surface area contributed by atoms with Gasteiger partial charge in [-0.3, -0.25) is 19.4 Å². The number of nitrogens with zero attached hydrogens (tertiary/aromatic N) is 2. The summed E-state index contributed by atoms with van der Waals surface area (Å²) in [6.45, 7) is 0.186. The Morgan fingerprint density at radius 1 is 1.10 bits per heavy atom. The quantitative estimate of drug-likeness (QED) is 0.365. The van der Waals surface area contributed by atoms with Crippen molar-refractivity contribution in [3.05, 3.63) is 70.8 Å². The fraction of sp³-hybridized carbons (Fsp3) is 0.400. The zero-order valence-electron chi connectivity index (χ0n) is 22.2. The van der Waals surface area contributed by atoms with Gasteiger partial charge in [0, 0.05) is 18.0 Å². The fourth-order valence-electron chi connectivity index (χ4n) is 5.60. The van der Waals surface area contributed by atoms with Crippen molar-refractivity contribution in [1.29, 1.82) is 0 Å². The molecule has 11 heteroatoms. The summed E-state index contributed by atoms with van der Waals surface area (Å²) in [5.41, 5.74) is 0.949. The van der Waals surface area contributed by atoms with Crippen molar-refractivity contribution in [2.75, 3.05) is 18.5 Å². The van der Waals surface area contributed by atoms with Gasteiger partial charge < -0.3 is 20.1 Å². The van der Waals surface area contributed by atoms with E-state index in [1.54, 1.807) is 30.3 Å². The summed E-state index contributed by atoms with van der Waals surface area (Å²) in [5, 5.41) is 13.1. The molecule has 216 valence electrons. The maximum Gasteiger partial charge on any atom is 0.306 e. The molecule has 2 atom stereocenters. The summed E-state index contributed by atoms with van der Waals surface area (Å²) < 4.78 is 34.1. The van der Waals surface area contributed by atoms with Crippen molar-refractivity contribution in [2.24, 2.45) is 5.92 Å². The number of carboxylic acids is 1. The van der Waals surface area contributed by atoms with E-state index >= 15 is 0 Å². The summed E-state index contributed by atoms with van der Waals surface area (Å²) in [4.78, 5) is 42.8. The van der Waals surface area contributed by atoms with Crippen LogP contribution >= 0.6 is 11.6 Å². The molecule has 0 spiro atoms. The molecule has 2 aromatic carbocycles. The van der Waals surface area contributed by atoms with Crippen LogP contribution in [0.1, 0.15) is 48.2 Å². The first kappa shape index (κ1) is 28.9. The molecule has 2 fully saturated rings. The second-order valence-electron chi connectivity index (χ2n) is 10.6. The van der Waals surface area contributed by atoms with Crippen LogP contribution in [0.4, 0.5) is 14.5 Å². The molecule has 2 N–H and O–H groups in total. The predicted octanol–water partition coefficient (Wildman–Crippen LogP) is 5.42. The van der Waals surface area contributed by atoms with Gasteiger partial charge in [-0.25, -0.2) is 8.78 Å². The molecular weight excluding hydrogens is 556 g/mol. The van der Waals surface area contributed by atoms with Gasteiger partial charge in [0.15, 0.2) is 0 Å². The molecule has 3 aromatic rings. The lowest BCUT2D eigenvalue weighted by molar-refractivity contribution is -0.144. The molecule has 1 aliphatic heterocycles. The normalized spacial score (nSPS) is 22.6. The number of rotatable bonds is 8. The average Bonchev–Trinajstić information content (AvgIpc) is 3.33. The monoisotopic (exact) mass is 585 g/mol. The van der Waals surface area contributed by atoms with Gasteiger partial charge in [0.2, 0.25) is 5.91 Å². The number of nitrogens with one attached hydrogen (secondary N) is 1. The number of benzene rings is 2. The Labute approximate surface area is 240 Å². The maximum absolute atomic E-state index is 14.3. The summed E-state index contributed by atoms with van der Waals surface area (Å²) in [7, 11) is 0. The summed E-state index contributed by atoms with van der Waals surface area (Å²) in [6, 6.07) is 10.2. The number of carboxylic acid groups (broad SMARTS) is 1. The number of alkyl halides is 1. The molecule has 1 aromatic heterocycles. The van der Waals surface area contributed by atoms with E-state index in [0.29, 0.717) is 47.7 Å². The number of pyridine rings is 1. The molecule has 0 unspecified atom stereocenters. The van der Waals surface area contributed by atoms with Crippen molar-refractivity contribution >= 4 is 45.8 Å². The van der Waals surface area contributed by atoms with Crippen LogP contribution in [-0.4, -0.2) is 64.2 Å². The molecule has 2 aliphatic rings. The Morgan fingerprint density at radius 2 is 1.88 bits per heavy atom. The zero-order valence-corrected chi connectivity index (χ0v) is 22.9. The van der Waals surface area contributed by atoms with Crippen LogP contribution in [0.3, 0.4) is 0 Å². The van der Waals surface area contributed by atoms with Gasteiger partial charge in [0.05, 0.1) is 48.3 Å². The van der Waals surface area contributed by atoms with E-state index in [2.05, 4.69) is 10.3 Å². The van der Waals surface area contributed by atoms with Gasteiger partial charge in [0.1, 0.15) is 17.7 Å². The van der Waals surface area contributed by atoms with Crippen LogP contribution in [0.5, 0.6) is 0 Å². The number of anilines is 1. The molecule has 0 radical (unpaired) electrons. The number of aliphatic carboxylic acids is 1. The largest absolute Gasteiger partial charge is 0.481 e. The molecule has 1 saturated carbocycles. The Morgan fingerprint density at radius 3 is 2.61 bits per heavy atom. The van der Waals surface area contributed by atoms with Crippen molar-refractivity contribution < 1.29 is 33.0 Å². The van der Waals surface area contributed by atoms with Crippen LogP contribution < -0.4 is 5.32 Å². The minimum atomic E-state index is -1.15. The van der Waals surface area contributed by atoms with Gasteiger partial charge >= 0.3 is 5.97 Å². The molecule has 0 bridgehead atoms. The van der Waals surface area contributed by atoms with Crippen LogP contribution in [0.2, 0.25) is 5.02 Å². The van der Waals surface area contributed by atoms with Gasteiger partial charge in [0.25, 0.3) is 5.91 Å². The third kappa shape index (κ3) is 6.82. The first-order chi connectivity index (χ1) is 19.7. The Kier molecular flexibility index (Phi) is 8.79. The highest BCUT2D eigenvalue weighted by Crippen LogP contribution is 2.29. The molecule has 41 heavy (non-hydrogen) atoms. The lowest BCUT2D eigenvalue weighted by Crippen LogP contribution is -2.40. The van der Waals surface area contributed by atoms with Crippen molar-refractivity contribution in [1.82, 2.24) is 9.88 Å². The third-order valence-electron chi connectivity index (χ3n) is 7.81. The van der Waals surface area contributed by atoms with E-state index in [4.69, 9.17) is 21.4 Å². The number of fused-ring (bicyclic) bond motifs is 1. The lowest BCUT2D eigenvalue weighted by atomic mass is 9.87. The number of halogens is 3. The Balaban J connectivity index is 1.19. The second kappa shape index (κ2) is 12.5. The van der Waals surface area contributed by atoms with E-state index in [9.17, 15) is 23.2 Å². The van der Waals surface area contributed by atoms with Crippen molar-refractivity contribution in [3.8, 4) is 0 Å². The Bertz CT molecular complexity index is 1460. The smallest absolute Gasteiger partial charge is 0.306 e. The van der Waals surface area contributed by atoms with Crippen molar-refractivity contribution in [3.63, 3.8) is 0 Å². The van der Waals surface area contributed by atoms with E-state index in [1.807, 2.05) is 0 Å². The molecule has 2 heterocycles. The summed E-state index contributed by atoms with van der Waals surface area (Å²) in [5.74, 6) is -2.44. The van der Waals surface area contributed by atoms with Crippen LogP contribution in [-0.2, 0) is 20.7 Å².